The molecule has 18 heavy (non-hydrogen) atoms. The molecule has 2 heteroatoms. The van der Waals surface area contributed by atoms with Crippen molar-refractivity contribution in [1.29, 1.82) is 0 Å². The summed E-state index contributed by atoms with van der Waals surface area (Å²) in [7, 11) is 0. The highest BCUT2D eigenvalue weighted by Gasteiger charge is 2.03. The Morgan fingerprint density at radius 2 is 1.44 bits per heavy atom. The Hall–Kier alpha value is -2.58. The van der Waals surface area contributed by atoms with E-state index in [4.69, 9.17) is 0 Å². The highest BCUT2D eigenvalue weighted by Crippen LogP contribution is 2.09. The average Bonchev–Trinajstić information content (AvgIpc) is 2.40. The molecule has 2 aromatic rings. The standard InChI is InChI=1S/C16H8F2/c17-15-12-6-11-14(16(15)18)10-5-4-9-13-7-2-1-3-8-13/h1-3,6-8,11-12H. The second-order valence-corrected chi connectivity index (χ2v) is 3.47. The van der Waals surface area contributed by atoms with Crippen LogP contribution >= 0.6 is 0 Å². The first kappa shape index (κ1) is 11.9. The van der Waals surface area contributed by atoms with Crippen LogP contribution in [0.5, 0.6) is 0 Å². The minimum absolute atomic E-state index is 0.0114. The van der Waals surface area contributed by atoms with E-state index in [0.717, 1.165) is 11.6 Å². The van der Waals surface area contributed by atoms with Gasteiger partial charge in [-0.2, -0.15) is 0 Å². The molecule has 0 saturated carbocycles. The highest BCUT2D eigenvalue weighted by atomic mass is 19.2. The van der Waals surface area contributed by atoms with Crippen LogP contribution in [0.4, 0.5) is 8.78 Å². The fraction of sp³-hybridized carbons (Fsp3) is 0. The van der Waals surface area contributed by atoms with Gasteiger partial charge in [-0.05, 0) is 42.0 Å². The molecule has 0 N–H and O–H groups in total. The van der Waals surface area contributed by atoms with E-state index < -0.39 is 11.6 Å². The third-order valence-corrected chi connectivity index (χ3v) is 2.19. The lowest BCUT2D eigenvalue weighted by atomic mass is 10.2. The summed E-state index contributed by atoms with van der Waals surface area (Å²) in [5.74, 6) is 8.55. The first-order chi connectivity index (χ1) is 8.77. The van der Waals surface area contributed by atoms with Crippen molar-refractivity contribution in [2.24, 2.45) is 0 Å². The summed E-state index contributed by atoms with van der Waals surface area (Å²) in [5, 5.41) is 0. The van der Waals surface area contributed by atoms with Crippen LogP contribution in [-0.4, -0.2) is 0 Å². The van der Waals surface area contributed by atoms with E-state index in [1.54, 1.807) is 0 Å². The number of benzene rings is 2. The lowest BCUT2D eigenvalue weighted by Gasteiger charge is -1.93. The van der Waals surface area contributed by atoms with Crippen molar-refractivity contribution in [3.63, 3.8) is 0 Å². The number of hydrogen-bond acceptors (Lipinski definition) is 0. The molecule has 0 bridgehead atoms. The quantitative estimate of drug-likeness (QED) is 0.617. The maximum absolute atomic E-state index is 13.2. The molecule has 0 aliphatic rings. The van der Waals surface area contributed by atoms with Gasteiger partial charge < -0.3 is 0 Å². The van der Waals surface area contributed by atoms with Crippen molar-refractivity contribution in [3.05, 3.63) is 71.3 Å². The van der Waals surface area contributed by atoms with Crippen LogP contribution in [0.1, 0.15) is 11.1 Å². The van der Waals surface area contributed by atoms with E-state index in [0.29, 0.717) is 0 Å². The molecule has 0 aliphatic carbocycles. The average molecular weight is 238 g/mol. The van der Waals surface area contributed by atoms with E-state index in [2.05, 4.69) is 23.7 Å². The van der Waals surface area contributed by atoms with Crippen LogP contribution in [-0.2, 0) is 0 Å². The molecule has 0 amide bonds. The van der Waals surface area contributed by atoms with Crippen LogP contribution in [0.2, 0.25) is 0 Å². The molecular weight excluding hydrogens is 230 g/mol. The monoisotopic (exact) mass is 238 g/mol. The van der Waals surface area contributed by atoms with Crippen LogP contribution in [0.25, 0.3) is 0 Å². The second kappa shape index (κ2) is 5.66. The predicted octanol–water partition coefficient (Wildman–Crippen LogP) is 3.37. The van der Waals surface area contributed by atoms with Crippen molar-refractivity contribution < 1.29 is 8.78 Å². The zero-order valence-electron chi connectivity index (χ0n) is 9.37. The molecule has 0 unspecified atom stereocenters. The van der Waals surface area contributed by atoms with E-state index >= 15 is 0 Å². The second-order valence-electron chi connectivity index (χ2n) is 3.47. The Morgan fingerprint density at radius 1 is 0.722 bits per heavy atom. The lowest BCUT2D eigenvalue weighted by molar-refractivity contribution is 0.506. The van der Waals surface area contributed by atoms with E-state index in [1.165, 1.54) is 12.1 Å². The fourth-order valence-electron chi connectivity index (χ4n) is 1.32. The smallest absolute Gasteiger partial charge is 0.174 e. The summed E-state index contributed by atoms with van der Waals surface area (Å²) in [6.07, 6.45) is 0. The molecular formula is C16H8F2. The Bertz CT molecular complexity index is 665. The molecule has 0 heterocycles. The summed E-state index contributed by atoms with van der Waals surface area (Å²) in [6, 6.07) is 13.2. The Morgan fingerprint density at radius 3 is 2.22 bits per heavy atom. The van der Waals surface area contributed by atoms with Gasteiger partial charge in [0.25, 0.3) is 0 Å². The van der Waals surface area contributed by atoms with Crippen molar-refractivity contribution in [2.75, 3.05) is 0 Å². The Balaban J connectivity index is 2.19. The topological polar surface area (TPSA) is 0 Å². The van der Waals surface area contributed by atoms with Crippen molar-refractivity contribution in [2.45, 2.75) is 0 Å². The summed E-state index contributed by atoms with van der Waals surface area (Å²) in [5.41, 5.74) is 0.837. The van der Waals surface area contributed by atoms with Crippen LogP contribution in [0.3, 0.4) is 0 Å². The third kappa shape index (κ3) is 2.97. The third-order valence-electron chi connectivity index (χ3n) is 2.19. The molecule has 2 aromatic carbocycles. The fourth-order valence-corrected chi connectivity index (χ4v) is 1.32. The summed E-state index contributed by atoms with van der Waals surface area (Å²) in [4.78, 5) is 0. The summed E-state index contributed by atoms with van der Waals surface area (Å²) >= 11 is 0. The molecule has 0 aliphatic heterocycles. The van der Waals surface area contributed by atoms with E-state index in [1.807, 2.05) is 30.3 Å². The van der Waals surface area contributed by atoms with E-state index in [9.17, 15) is 8.78 Å². The number of hydrogen-bond donors (Lipinski definition) is 0. The van der Waals surface area contributed by atoms with Gasteiger partial charge in [-0.15, -0.1) is 0 Å². The molecule has 0 aromatic heterocycles. The molecule has 2 rings (SSSR count). The zero-order valence-corrected chi connectivity index (χ0v) is 9.37. The van der Waals surface area contributed by atoms with Gasteiger partial charge >= 0.3 is 0 Å². The van der Waals surface area contributed by atoms with Gasteiger partial charge in [-0.1, -0.05) is 30.2 Å². The van der Waals surface area contributed by atoms with Gasteiger partial charge in [0.05, 0.1) is 5.56 Å². The van der Waals surface area contributed by atoms with Gasteiger partial charge in [0, 0.05) is 5.56 Å². The molecule has 86 valence electrons. The maximum Gasteiger partial charge on any atom is 0.174 e. The first-order valence-electron chi connectivity index (χ1n) is 5.28. The molecule has 0 nitrogen and oxygen atoms in total. The molecule has 0 saturated heterocycles. The SMILES string of the molecule is Fc1cccc(C#CC#Cc2ccccc2)c1F. The lowest BCUT2D eigenvalue weighted by Crippen LogP contribution is -1.87. The van der Waals surface area contributed by atoms with Gasteiger partial charge in [-0.3, -0.25) is 0 Å². The van der Waals surface area contributed by atoms with E-state index in [-0.39, 0.29) is 5.56 Å². The normalized spacial score (nSPS) is 8.78. The van der Waals surface area contributed by atoms with Gasteiger partial charge in [0.15, 0.2) is 11.6 Å². The van der Waals surface area contributed by atoms with Crippen LogP contribution in [0.15, 0.2) is 48.5 Å². The highest BCUT2D eigenvalue weighted by molar-refractivity contribution is 5.44. The van der Waals surface area contributed by atoms with Gasteiger partial charge in [0.1, 0.15) is 0 Å². The minimum Gasteiger partial charge on any atom is -0.204 e. The predicted molar refractivity (Wildman–Crippen MR) is 66.6 cm³/mol. The van der Waals surface area contributed by atoms with Crippen LogP contribution < -0.4 is 0 Å². The first-order valence-corrected chi connectivity index (χ1v) is 5.28. The maximum atomic E-state index is 13.2. The largest absolute Gasteiger partial charge is 0.204 e. The molecule has 0 spiro atoms. The summed E-state index contributed by atoms with van der Waals surface area (Å²) in [6.45, 7) is 0. The van der Waals surface area contributed by atoms with Crippen molar-refractivity contribution in [1.82, 2.24) is 0 Å². The zero-order chi connectivity index (χ0) is 12.8. The van der Waals surface area contributed by atoms with Gasteiger partial charge in [-0.25, -0.2) is 8.78 Å². The molecule has 0 radical (unpaired) electrons. The van der Waals surface area contributed by atoms with Gasteiger partial charge in [0.2, 0.25) is 0 Å². The summed E-state index contributed by atoms with van der Waals surface area (Å²) < 4.78 is 26.1. The molecule has 0 fully saturated rings. The Labute approximate surface area is 104 Å². The number of rotatable bonds is 0. The molecule has 0 atom stereocenters. The Kier molecular flexibility index (Phi) is 3.74. The minimum atomic E-state index is -0.938. The van der Waals surface area contributed by atoms with Crippen LogP contribution in [0, 0.1) is 35.3 Å². The van der Waals surface area contributed by atoms with Crippen molar-refractivity contribution in [3.8, 4) is 23.7 Å². The van der Waals surface area contributed by atoms with Crippen molar-refractivity contribution >= 4 is 0 Å². The number of halogens is 2.